The van der Waals surface area contributed by atoms with Gasteiger partial charge in [-0.1, -0.05) is 398 Å². The highest BCUT2D eigenvalue weighted by Gasteiger charge is 2.52. The third-order valence-corrected chi connectivity index (χ3v) is 24.8. The largest absolute Gasteiger partial charge is 0.311 e. The van der Waals surface area contributed by atoms with Crippen molar-refractivity contribution < 1.29 is 0 Å². The number of nitrogens with zero attached hydrogens (tertiary/aromatic N) is 2. The van der Waals surface area contributed by atoms with Crippen molar-refractivity contribution in [3.8, 4) is 89.0 Å². The van der Waals surface area contributed by atoms with E-state index in [0.717, 1.165) is 17.1 Å². The van der Waals surface area contributed by atoms with Gasteiger partial charge in [0.1, 0.15) is 0 Å². The molecular formula is C125H114N2. The first-order valence-corrected chi connectivity index (χ1v) is 44.6. The first kappa shape index (κ1) is 86.1. The summed E-state index contributed by atoms with van der Waals surface area (Å²) < 4.78 is 0. The summed E-state index contributed by atoms with van der Waals surface area (Å²) in [6.07, 6.45) is 0. The standard InChI is InChI=1S/C39H33N.C29H24.C27H24.C21H21N.C9H12/c1-28-4-10-31(11-5-28)34-16-22-37(23-17-34)40(38-24-18-35(19-25-38)32-12-6-29(2)7-13-32)39-26-20-36(21-27-39)33-14-8-30(3)9-15-33;1-17-5-9-21-22-10-6-18(2)14-26(22)29(25(21)13-17)27-15-19(3)7-11-23(27)24-12-8-20(4)16-28(24)29;1-19-4-10-22(11-5-19)25-16-26(23-12-6-20(2)7-13-23)18-27(17-25)24-14-8-21(3)9-15-24;1-16-4-10-19(11-5-16)22(20-12-6-17(2)7-13-20)21-14-8-18(3)9-15-21;1-7-4-8(2)6-9(3)5-7/h4-27H,1-3H3;5-16H,1-4H3;4-18H,1-3H3;4-15H,1-3H3;4-6H,1-3H3. The maximum Gasteiger partial charge on any atom is 0.0725 e. The molecule has 18 aromatic carbocycles. The van der Waals surface area contributed by atoms with Gasteiger partial charge in [0.15, 0.2) is 0 Å². The van der Waals surface area contributed by atoms with E-state index in [1.54, 1.807) is 0 Å². The Kier molecular flexibility index (Phi) is 25.7. The van der Waals surface area contributed by atoms with Crippen molar-refractivity contribution in [3.63, 3.8) is 0 Å². The molecule has 2 aliphatic rings. The van der Waals surface area contributed by atoms with Crippen molar-refractivity contribution in [2.24, 2.45) is 0 Å². The summed E-state index contributed by atoms with van der Waals surface area (Å²) in [6.45, 7) is 34.3. The highest BCUT2D eigenvalue weighted by molar-refractivity contribution is 5.96. The zero-order valence-corrected chi connectivity index (χ0v) is 76.5. The minimum absolute atomic E-state index is 0.217. The van der Waals surface area contributed by atoms with Crippen LogP contribution in [0, 0.1) is 111 Å². The summed E-state index contributed by atoms with van der Waals surface area (Å²) in [4.78, 5) is 4.62. The van der Waals surface area contributed by atoms with Crippen LogP contribution in [0.15, 0.2) is 400 Å². The van der Waals surface area contributed by atoms with Crippen LogP contribution < -0.4 is 9.80 Å². The molecule has 0 unspecified atom stereocenters. The van der Waals surface area contributed by atoms with Crippen molar-refractivity contribution in [3.05, 3.63) is 512 Å². The third-order valence-electron chi connectivity index (χ3n) is 24.8. The van der Waals surface area contributed by atoms with Gasteiger partial charge in [-0.15, -0.1) is 0 Å². The fourth-order valence-corrected chi connectivity index (χ4v) is 17.9. The van der Waals surface area contributed by atoms with E-state index in [1.165, 1.54) is 217 Å². The fourth-order valence-electron chi connectivity index (χ4n) is 17.9. The van der Waals surface area contributed by atoms with Crippen LogP contribution in [0.2, 0.25) is 0 Å². The number of rotatable bonds is 12. The number of hydrogen-bond acceptors (Lipinski definition) is 2. The summed E-state index contributed by atoms with van der Waals surface area (Å²) in [6, 6.07) is 147. The highest BCUT2D eigenvalue weighted by Crippen LogP contribution is 2.63. The van der Waals surface area contributed by atoms with Gasteiger partial charge in [-0.3, -0.25) is 0 Å². The lowest BCUT2D eigenvalue weighted by atomic mass is 9.70. The minimum atomic E-state index is -0.217. The number of hydrogen-bond donors (Lipinski definition) is 0. The lowest BCUT2D eigenvalue weighted by Gasteiger charge is -2.31. The highest BCUT2D eigenvalue weighted by atomic mass is 15.1. The van der Waals surface area contributed by atoms with Gasteiger partial charge in [0, 0.05) is 34.1 Å². The average molecular weight is 1640 g/mol. The number of benzene rings is 18. The van der Waals surface area contributed by atoms with Crippen LogP contribution >= 0.6 is 0 Å². The molecule has 20 rings (SSSR count). The van der Waals surface area contributed by atoms with E-state index in [2.05, 4.69) is 521 Å². The maximum absolute atomic E-state index is 2.42. The van der Waals surface area contributed by atoms with Gasteiger partial charge in [-0.25, -0.2) is 0 Å². The lowest BCUT2D eigenvalue weighted by molar-refractivity contribution is 0.789. The van der Waals surface area contributed by atoms with Crippen LogP contribution in [0.5, 0.6) is 0 Å². The topological polar surface area (TPSA) is 6.48 Å². The van der Waals surface area contributed by atoms with Crippen molar-refractivity contribution in [2.75, 3.05) is 9.80 Å². The fraction of sp³-hybridized carbons (Fsp3) is 0.136. The van der Waals surface area contributed by atoms with Crippen LogP contribution in [0.1, 0.15) is 111 Å². The number of aryl methyl sites for hydroxylation is 16. The number of fused-ring (bicyclic) bond motifs is 10. The summed E-state index contributed by atoms with van der Waals surface area (Å²) >= 11 is 0. The zero-order valence-electron chi connectivity index (χ0n) is 76.5. The van der Waals surface area contributed by atoms with Crippen LogP contribution in [0.3, 0.4) is 0 Å². The quantitative estimate of drug-likeness (QED) is 0.120. The van der Waals surface area contributed by atoms with Crippen LogP contribution in [-0.2, 0) is 5.41 Å². The molecule has 0 saturated heterocycles. The first-order valence-electron chi connectivity index (χ1n) is 44.6. The van der Waals surface area contributed by atoms with Gasteiger partial charge in [0.2, 0.25) is 0 Å². The Morgan fingerprint density at radius 3 is 0.425 bits per heavy atom. The molecule has 0 heterocycles. The second kappa shape index (κ2) is 37.9. The monoisotopic (exact) mass is 1640 g/mol. The molecule has 0 bridgehead atoms. The summed E-state index contributed by atoms with van der Waals surface area (Å²) in [5.74, 6) is 0. The normalized spacial score (nSPS) is 11.5. The van der Waals surface area contributed by atoms with Gasteiger partial charge in [0.05, 0.1) is 5.41 Å². The summed E-state index contributed by atoms with van der Waals surface area (Å²) in [5, 5.41) is 0. The van der Waals surface area contributed by atoms with E-state index in [4.69, 9.17) is 0 Å². The molecule has 0 atom stereocenters. The Labute approximate surface area is 755 Å². The molecule has 1 spiro atoms. The van der Waals surface area contributed by atoms with Gasteiger partial charge >= 0.3 is 0 Å². The van der Waals surface area contributed by atoms with Gasteiger partial charge < -0.3 is 9.80 Å². The molecule has 0 amide bonds. The molecule has 2 nitrogen and oxygen atoms in total. The van der Waals surface area contributed by atoms with Crippen molar-refractivity contribution in [2.45, 2.75) is 116 Å². The molecule has 0 radical (unpaired) electrons. The Morgan fingerprint density at radius 1 is 0.118 bits per heavy atom. The predicted octanol–water partition coefficient (Wildman–Crippen LogP) is 34.7. The van der Waals surface area contributed by atoms with Crippen LogP contribution in [-0.4, -0.2) is 0 Å². The van der Waals surface area contributed by atoms with Gasteiger partial charge in [-0.05, 0) is 313 Å². The summed E-state index contributed by atoms with van der Waals surface area (Å²) in [5.41, 5.74) is 53.7. The molecule has 18 aromatic rings. The Hall–Kier alpha value is -14.4. The molecule has 127 heavy (non-hydrogen) atoms. The Morgan fingerprint density at radius 2 is 0.252 bits per heavy atom. The summed E-state index contributed by atoms with van der Waals surface area (Å²) in [7, 11) is 0. The van der Waals surface area contributed by atoms with Crippen molar-refractivity contribution in [1.29, 1.82) is 0 Å². The molecule has 0 fully saturated rings. The van der Waals surface area contributed by atoms with Crippen LogP contribution in [0.25, 0.3) is 89.0 Å². The van der Waals surface area contributed by atoms with Crippen molar-refractivity contribution >= 4 is 34.1 Å². The lowest BCUT2D eigenvalue weighted by Crippen LogP contribution is -2.26. The van der Waals surface area contributed by atoms with Crippen molar-refractivity contribution in [1.82, 2.24) is 0 Å². The van der Waals surface area contributed by atoms with E-state index in [9.17, 15) is 0 Å². The molecule has 0 saturated carbocycles. The average Bonchev–Trinajstić information content (AvgIpc) is 1.50. The van der Waals surface area contributed by atoms with E-state index in [0.29, 0.717) is 0 Å². The van der Waals surface area contributed by atoms with E-state index >= 15 is 0 Å². The molecular weight excluding hydrogens is 1530 g/mol. The van der Waals surface area contributed by atoms with Gasteiger partial charge in [-0.2, -0.15) is 0 Å². The molecule has 624 valence electrons. The molecule has 2 heteroatoms. The van der Waals surface area contributed by atoms with E-state index in [-0.39, 0.29) is 5.41 Å². The molecule has 2 aliphatic carbocycles. The number of anilines is 6. The minimum Gasteiger partial charge on any atom is -0.311 e. The SMILES string of the molecule is Cc1cc(C)cc(C)c1.Cc1ccc(-c2cc(-c3ccc(C)cc3)cc(-c3ccc(C)cc3)c2)cc1.Cc1ccc(-c2ccc(N(c3ccc(-c4ccc(C)cc4)cc3)c3ccc(-c4ccc(C)cc4)cc3)cc2)cc1.Cc1ccc(N(c2ccc(C)cc2)c2ccc(C)cc2)cc1.Cc1ccc2c(c1)C1(c3cc(C)ccc3-2)c2cc(C)ccc2-c2ccc(C)cc21. The zero-order chi connectivity index (χ0) is 88.6. The smallest absolute Gasteiger partial charge is 0.0725 e. The predicted molar refractivity (Wildman–Crippen MR) is 546 cm³/mol. The molecule has 0 aromatic heterocycles. The maximum atomic E-state index is 2.42. The molecule has 0 aliphatic heterocycles. The van der Waals surface area contributed by atoms with E-state index < -0.39 is 0 Å². The van der Waals surface area contributed by atoms with Gasteiger partial charge in [0.25, 0.3) is 0 Å². The van der Waals surface area contributed by atoms with E-state index in [1.807, 2.05) is 0 Å². The Balaban J connectivity index is 0.000000123. The second-order valence-electron chi connectivity index (χ2n) is 35.4. The van der Waals surface area contributed by atoms with Crippen LogP contribution in [0.4, 0.5) is 34.1 Å². The Bertz CT molecular complexity index is 6120. The third kappa shape index (κ3) is 19.6. The first-order chi connectivity index (χ1) is 61.4. The molecule has 0 N–H and O–H groups in total. The second-order valence-corrected chi connectivity index (χ2v) is 35.4.